The minimum Gasteiger partial charge on any atom is -0.497 e. The molecular formula is C21H26N2O4S. The molecule has 0 aliphatic carbocycles. The van der Waals surface area contributed by atoms with Gasteiger partial charge in [0.25, 0.3) is 5.91 Å². The van der Waals surface area contributed by atoms with Crippen LogP contribution < -0.4 is 4.74 Å². The maximum absolute atomic E-state index is 13.1. The van der Waals surface area contributed by atoms with Crippen molar-refractivity contribution >= 4 is 15.9 Å². The zero-order valence-electron chi connectivity index (χ0n) is 16.5. The van der Waals surface area contributed by atoms with Gasteiger partial charge >= 0.3 is 0 Å². The predicted octanol–water partition coefficient (Wildman–Crippen LogP) is 2.85. The van der Waals surface area contributed by atoms with E-state index in [0.717, 1.165) is 5.56 Å². The highest BCUT2D eigenvalue weighted by Crippen LogP contribution is 2.25. The number of hydrogen-bond donors (Lipinski definition) is 0. The first-order chi connectivity index (χ1) is 13.3. The first-order valence-corrected chi connectivity index (χ1v) is 10.8. The Balaban J connectivity index is 1.76. The average Bonchev–Trinajstić information content (AvgIpc) is 2.94. The molecule has 6 nitrogen and oxygen atoms in total. The number of carbonyl (C=O) groups excluding carboxylic acids is 1. The van der Waals surface area contributed by atoms with Gasteiger partial charge in [0.2, 0.25) is 10.0 Å². The molecule has 2 aromatic rings. The summed E-state index contributed by atoms with van der Waals surface area (Å²) in [5.74, 6) is 0.575. The number of hydrogen-bond acceptors (Lipinski definition) is 4. The van der Waals surface area contributed by atoms with Crippen molar-refractivity contribution in [2.24, 2.45) is 0 Å². The van der Waals surface area contributed by atoms with Gasteiger partial charge in [-0.2, -0.15) is 4.31 Å². The predicted molar refractivity (Wildman–Crippen MR) is 108 cm³/mol. The highest BCUT2D eigenvalue weighted by Gasteiger charge is 2.29. The molecule has 28 heavy (non-hydrogen) atoms. The van der Waals surface area contributed by atoms with Crippen LogP contribution in [0.15, 0.2) is 47.4 Å². The van der Waals surface area contributed by atoms with Crippen LogP contribution in [0.2, 0.25) is 0 Å². The Kier molecular flexibility index (Phi) is 6.05. The normalized spacial score (nSPS) is 15.9. The lowest BCUT2D eigenvalue weighted by atomic mass is 10.1. The number of benzene rings is 2. The van der Waals surface area contributed by atoms with Gasteiger partial charge in [-0.15, -0.1) is 0 Å². The maximum Gasteiger partial charge on any atom is 0.253 e. The topological polar surface area (TPSA) is 66.9 Å². The SMILES string of the molecule is COc1ccc(S(=O)(=O)N2CCCN(C(=O)c3cccc(C)c3)CC2)c(C)c1. The van der Waals surface area contributed by atoms with Gasteiger partial charge in [0.1, 0.15) is 5.75 Å². The second-order valence-corrected chi connectivity index (χ2v) is 8.96. The summed E-state index contributed by atoms with van der Waals surface area (Å²) in [5.41, 5.74) is 2.32. The van der Waals surface area contributed by atoms with Crippen molar-refractivity contribution < 1.29 is 17.9 Å². The van der Waals surface area contributed by atoms with Crippen LogP contribution in [-0.4, -0.2) is 56.8 Å². The van der Waals surface area contributed by atoms with E-state index in [9.17, 15) is 13.2 Å². The molecule has 1 heterocycles. The van der Waals surface area contributed by atoms with Gasteiger partial charge in [-0.1, -0.05) is 17.7 Å². The van der Waals surface area contributed by atoms with Crippen LogP contribution in [0.1, 0.15) is 27.9 Å². The Hall–Kier alpha value is -2.38. The van der Waals surface area contributed by atoms with E-state index < -0.39 is 10.0 Å². The fourth-order valence-electron chi connectivity index (χ4n) is 3.48. The van der Waals surface area contributed by atoms with Crippen LogP contribution in [-0.2, 0) is 10.0 Å². The van der Waals surface area contributed by atoms with Gasteiger partial charge in [-0.25, -0.2) is 8.42 Å². The number of sulfonamides is 1. The first kappa shape index (κ1) is 20.4. The number of rotatable bonds is 4. The Morgan fingerprint density at radius 2 is 1.79 bits per heavy atom. The van der Waals surface area contributed by atoms with Crippen LogP contribution in [0, 0.1) is 13.8 Å². The summed E-state index contributed by atoms with van der Waals surface area (Å²) in [7, 11) is -2.07. The molecule has 0 N–H and O–H groups in total. The maximum atomic E-state index is 13.1. The summed E-state index contributed by atoms with van der Waals surface area (Å²) in [5, 5.41) is 0. The minimum atomic E-state index is -3.62. The van der Waals surface area contributed by atoms with Gasteiger partial charge in [-0.05, 0) is 56.2 Å². The molecule has 3 rings (SSSR count). The molecule has 0 saturated carbocycles. The van der Waals surface area contributed by atoms with Gasteiger partial charge < -0.3 is 9.64 Å². The number of amides is 1. The van der Waals surface area contributed by atoms with Crippen molar-refractivity contribution in [3.8, 4) is 5.75 Å². The van der Waals surface area contributed by atoms with E-state index in [-0.39, 0.29) is 17.3 Å². The van der Waals surface area contributed by atoms with Gasteiger partial charge in [0.15, 0.2) is 0 Å². The van der Waals surface area contributed by atoms with Crippen molar-refractivity contribution in [3.63, 3.8) is 0 Å². The van der Waals surface area contributed by atoms with E-state index >= 15 is 0 Å². The van der Waals surface area contributed by atoms with Crippen molar-refractivity contribution in [2.75, 3.05) is 33.3 Å². The molecule has 0 unspecified atom stereocenters. The molecule has 1 aliphatic heterocycles. The quantitative estimate of drug-likeness (QED) is 0.789. The number of nitrogens with zero attached hydrogens (tertiary/aromatic N) is 2. The standard InChI is InChI=1S/C21H26N2O4S/c1-16-6-4-7-18(14-16)21(24)22-10-5-11-23(13-12-22)28(25,26)20-9-8-19(27-3)15-17(20)2/h4,6-9,14-15H,5,10-13H2,1-3H3. The zero-order valence-corrected chi connectivity index (χ0v) is 17.3. The number of ether oxygens (including phenoxy) is 1. The molecule has 1 aliphatic rings. The second kappa shape index (κ2) is 8.32. The summed E-state index contributed by atoms with van der Waals surface area (Å²) >= 11 is 0. The molecule has 0 atom stereocenters. The highest BCUT2D eigenvalue weighted by molar-refractivity contribution is 7.89. The molecule has 150 valence electrons. The van der Waals surface area contributed by atoms with Crippen molar-refractivity contribution in [1.29, 1.82) is 0 Å². The number of carbonyl (C=O) groups is 1. The van der Waals surface area contributed by atoms with E-state index in [1.165, 1.54) is 4.31 Å². The second-order valence-electron chi connectivity index (χ2n) is 7.05. The van der Waals surface area contributed by atoms with Gasteiger partial charge in [-0.3, -0.25) is 4.79 Å². The van der Waals surface area contributed by atoms with E-state index in [0.29, 0.717) is 42.9 Å². The van der Waals surface area contributed by atoms with Crippen LogP contribution in [0.3, 0.4) is 0 Å². The Morgan fingerprint density at radius 1 is 1.00 bits per heavy atom. The Bertz CT molecular complexity index is 972. The molecule has 7 heteroatoms. The smallest absolute Gasteiger partial charge is 0.253 e. The van der Waals surface area contributed by atoms with E-state index in [1.54, 1.807) is 43.2 Å². The fraction of sp³-hybridized carbons (Fsp3) is 0.381. The summed E-state index contributed by atoms with van der Waals surface area (Å²) in [6.07, 6.45) is 0.603. The molecule has 0 bridgehead atoms. The van der Waals surface area contributed by atoms with Crippen molar-refractivity contribution in [1.82, 2.24) is 9.21 Å². The Morgan fingerprint density at radius 3 is 2.46 bits per heavy atom. The third-order valence-electron chi connectivity index (χ3n) is 5.01. The molecule has 1 fully saturated rings. The summed E-state index contributed by atoms with van der Waals surface area (Å²) < 4.78 is 32.9. The molecule has 1 amide bonds. The summed E-state index contributed by atoms with van der Waals surface area (Å²) in [4.78, 5) is 14.8. The summed E-state index contributed by atoms with van der Waals surface area (Å²) in [6.45, 7) is 5.31. The third kappa shape index (κ3) is 4.20. The molecule has 0 aromatic heterocycles. The van der Waals surface area contributed by atoms with E-state index in [4.69, 9.17) is 4.74 Å². The molecule has 0 radical (unpaired) electrons. The van der Waals surface area contributed by atoms with E-state index in [2.05, 4.69) is 0 Å². The zero-order chi connectivity index (χ0) is 20.3. The molecule has 2 aromatic carbocycles. The summed E-state index contributed by atoms with van der Waals surface area (Å²) in [6, 6.07) is 12.4. The van der Waals surface area contributed by atoms with E-state index in [1.807, 2.05) is 25.1 Å². The third-order valence-corrected chi connectivity index (χ3v) is 7.07. The lowest BCUT2D eigenvalue weighted by Crippen LogP contribution is -2.37. The lowest BCUT2D eigenvalue weighted by Gasteiger charge is -2.23. The average molecular weight is 403 g/mol. The van der Waals surface area contributed by atoms with Gasteiger partial charge in [0.05, 0.1) is 12.0 Å². The minimum absolute atomic E-state index is 0.0522. The largest absolute Gasteiger partial charge is 0.497 e. The van der Waals surface area contributed by atoms with Gasteiger partial charge in [0, 0.05) is 31.7 Å². The first-order valence-electron chi connectivity index (χ1n) is 9.33. The highest BCUT2D eigenvalue weighted by atomic mass is 32.2. The van der Waals surface area contributed by atoms with Crippen LogP contribution in [0.5, 0.6) is 5.75 Å². The van der Waals surface area contributed by atoms with Crippen molar-refractivity contribution in [2.45, 2.75) is 25.2 Å². The van der Waals surface area contributed by atoms with Crippen LogP contribution in [0.4, 0.5) is 0 Å². The Labute approximate surface area is 166 Å². The fourth-order valence-corrected chi connectivity index (χ4v) is 5.15. The monoisotopic (exact) mass is 402 g/mol. The number of methoxy groups -OCH3 is 1. The number of aryl methyl sites for hydroxylation is 2. The van der Waals surface area contributed by atoms with Crippen LogP contribution in [0.25, 0.3) is 0 Å². The molecular weight excluding hydrogens is 376 g/mol. The molecule has 0 spiro atoms. The lowest BCUT2D eigenvalue weighted by molar-refractivity contribution is 0.0764. The van der Waals surface area contributed by atoms with Crippen molar-refractivity contribution in [3.05, 3.63) is 59.2 Å². The van der Waals surface area contributed by atoms with Crippen LogP contribution >= 0.6 is 0 Å². The molecule has 1 saturated heterocycles.